The van der Waals surface area contributed by atoms with Crippen LogP contribution in [0.4, 0.5) is 0 Å². The number of nitrogens with zero attached hydrogens (tertiary/aromatic N) is 4. The number of aromatic amines is 1. The summed E-state index contributed by atoms with van der Waals surface area (Å²) in [5.74, 6) is 0. The van der Waals surface area contributed by atoms with Crippen molar-refractivity contribution in [2.24, 2.45) is 0 Å². The molecule has 11 heteroatoms. The van der Waals surface area contributed by atoms with Crippen LogP contribution >= 0.6 is 0 Å². The van der Waals surface area contributed by atoms with Crippen LogP contribution < -0.4 is 16.6 Å². The van der Waals surface area contributed by atoms with Gasteiger partial charge in [-0.15, -0.1) is 5.10 Å². The van der Waals surface area contributed by atoms with Crippen LogP contribution in [-0.2, 0) is 11.3 Å². The Hall–Kier alpha value is -2.08. The first-order valence-electron chi connectivity index (χ1n) is 8.38. The third-order valence-corrected chi connectivity index (χ3v) is 6.14. The SMILES string of the molecule is C[Si](C)(C)c1cn(Cc2cn([C@H]3C[C@H](O)[C@@H](CO)O3)c(=O)[nH]c2=O)nn1. The molecule has 3 heterocycles. The maximum Gasteiger partial charge on any atom is 0.330 e. The molecular formula is C15H23N5O5Si. The van der Waals surface area contributed by atoms with Gasteiger partial charge in [-0.2, -0.15) is 0 Å². The van der Waals surface area contributed by atoms with E-state index in [2.05, 4.69) is 34.9 Å². The molecular weight excluding hydrogens is 358 g/mol. The molecule has 142 valence electrons. The van der Waals surface area contributed by atoms with E-state index in [1.807, 2.05) is 6.20 Å². The van der Waals surface area contributed by atoms with Gasteiger partial charge in [-0.25, -0.2) is 9.48 Å². The van der Waals surface area contributed by atoms with Crippen LogP contribution in [0.15, 0.2) is 22.0 Å². The maximum absolute atomic E-state index is 12.1. The summed E-state index contributed by atoms with van der Waals surface area (Å²) >= 11 is 0. The fourth-order valence-corrected chi connectivity index (χ4v) is 3.68. The molecule has 1 saturated heterocycles. The van der Waals surface area contributed by atoms with Gasteiger partial charge in [-0.3, -0.25) is 14.3 Å². The zero-order valence-electron chi connectivity index (χ0n) is 14.9. The molecule has 1 aliphatic heterocycles. The first kappa shape index (κ1) is 18.7. The molecule has 0 saturated carbocycles. The lowest BCUT2D eigenvalue weighted by Crippen LogP contribution is -2.38. The Labute approximate surface area is 150 Å². The number of aliphatic hydroxyl groups excluding tert-OH is 2. The van der Waals surface area contributed by atoms with Crippen molar-refractivity contribution in [3.8, 4) is 0 Å². The normalized spacial score (nSPS) is 23.5. The zero-order valence-corrected chi connectivity index (χ0v) is 15.9. The van der Waals surface area contributed by atoms with Gasteiger partial charge in [0.05, 0.1) is 30.1 Å². The summed E-state index contributed by atoms with van der Waals surface area (Å²) in [5, 5.41) is 28.2. The second-order valence-corrected chi connectivity index (χ2v) is 12.5. The second kappa shape index (κ2) is 6.91. The van der Waals surface area contributed by atoms with Crippen LogP contribution in [0.2, 0.25) is 19.6 Å². The van der Waals surface area contributed by atoms with Gasteiger partial charge < -0.3 is 14.9 Å². The third-order valence-electron chi connectivity index (χ3n) is 4.38. The Bertz CT molecular complexity index is 899. The molecule has 10 nitrogen and oxygen atoms in total. The van der Waals surface area contributed by atoms with E-state index in [9.17, 15) is 19.8 Å². The predicted octanol–water partition coefficient (Wildman–Crippen LogP) is -1.64. The van der Waals surface area contributed by atoms with Crippen LogP contribution in [0, 0.1) is 0 Å². The van der Waals surface area contributed by atoms with E-state index in [0.717, 1.165) is 5.32 Å². The Morgan fingerprint density at radius 3 is 2.65 bits per heavy atom. The number of aliphatic hydroxyl groups is 2. The molecule has 1 aliphatic rings. The molecule has 26 heavy (non-hydrogen) atoms. The van der Waals surface area contributed by atoms with Gasteiger partial charge in [0, 0.05) is 18.8 Å². The summed E-state index contributed by atoms with van der Waals surface area (Å²) in [4.78, 5) is 26.5. The van der Waals surface area contributed by atoms with Crippen LogP contribution in [0.1, 0.15) is 18.2 Å². The fourth-order valence-electron chi connectivity index (χ4n) is 2.80. The molecule has 0 spiro atoms. The van der Waals surface area contributed by atoms with E-state index < -0.39 is 37.8 Å². The Morgan fingerprint density at radius 1 is 1.35 bits per heavy atom. The summed E-state index contributed by atoms with van der Waals surface area (Å²) in [6.07, 6.45) is 1.00. The molecule has 0 unspecified atom stereocenters. The van der Waals surface area contributed by atoms with E-state index >= 15 is 0 Å². The summed E-state index contributed by atoms with van der Waals surface area (Å²) in [7, 11) is -1.61. The minimum Gasteiger partial charge on any atom is -0.394 e. The van der Waals surface area contributed by atoms with E-state index in [4.69, 9.17) is 4.74 Å². The average molecular weight is 381 g/mol. The molecule has 3 N–H and O–H groups in total. The van der Waals surface area contributed by atoms with E-state index in [0.29, 0.717) is 5.56 Å². The molecule has 0 bridgehead atoms. The third kappa shape index (κ3) is 3.70. The monoisotopic (exact) mass is 381 g/mol. The smallest absolute Gasteiger partial charge is 0.330 e. The Morgan fingerprint density at radius 2 is 2.08 bits per heavy atom. The molecule has 0 amide bonds. The molecule has 3 atom stereocenters. The predicted molar refractivity (Wildman–Crippen MR) is 95.0 cm³/mol. The highest BCUT2D eigenvalue weighted by atomic mass is 28.3. The molecule has 1 fully saturated rings. The lowest BCUT2D eigenvalue weighted by molar-refractivity contribution is -0.0460. The molecule has 2 aromatic heterocycles. The van der Waals surface area contributed by atoms with Crippen LogP contribution in [0.3, 0.4) is 0 Å². The van der Waals surface area contributed by atoms with Crippen molar-refractivity contribution in [2.45, 2.75) is 51.0 Å². The fraction of sp³-hybridized carbons (Fsp3) is 0.600. The quantitative estimate of drug-likeness (QED) is 0.529. The van der Waals surface area contributed by atoms with Crippen molar-refractivity contribution in [2.75, 3.05) is 6.61 Å². The zero-order chi connectivity index (χ0) is 19.1. The van der Waals surface area contributed by atoms with Gasteiger partial charge in [-0.1, -0.05) is 24.9 Å². The van der Waals surface area contributed by atoms with Gasteiger partial charge in [0.1, 0.15) is 20.4 Å². The highest BCUT2D eigenvalue weighted by Crippen LogP contribution is 2.27. The summed E-state index contributed by atoms with van der Waals surface area (Å²) < 4.78 is 8.29. The minimum absolute atomic E-state index is 0.152. The van der Waals surface area contributed by atoms with Gasteiger partial charge in [-0.05, 0) is 0 Å². The Kier molecular flexibility index (Phi) is 4.97. The van der Waals surface area contributed by atoms with Crippen molar-refractivity contribution in [1.82, 2.24) is 24.5 Å². The van der Waals surface area contributed by atoms with E-state index in [1.54, 1.807) is 4.68 Å². The first-order valence-corrected chi connectivity index (χ1v) is 11.9. The first-order chi connectivity index (χ1) is 12.2. The van der Waals surface area contributed by atoms with Crippen molar-refractivity contribution < 1.29 is 14.9 Å². The second-order valence-electron chi connectivity index (χ2n) is 7.49. The van der Waals surface area contributed by atoms with Gasteiger partial charge in [0.25, 0.3) is 5.56 Å². The van der Waals surface area contributed by atoms with Gasteiger partial charge in [0.2, 0.25) is 0 Å². The van der Waals surface area contributed by atoms with Gasteiger partial charge in [0.15, 0.2) is 0 Å². The topological polar surface area (TPSA) is 135 Å². The van der Waals surface area contributed by atoms with Crippen molar-refractivity contribution in [3.63, 3.8) is 0 Å². The molecule has 2 aromatic rings. The summed E-state index contributed by atoms with van der Waals surface area (Å²) in [6, 6.07) is 0. The highest BCUT2D eigenvalue weighted by Gasteiger charge is 2.35. The average Bonchev–Trinajstić information content (AvgIpc) is 3.16. The van der Waals surface area contributed by atoms with Crippen molar-refractivity contribution >= 4 is 13.4 Å². The van der Waals surface area contributed by atoms with Crippen LogP contribution in [0.25, 0.3) is 0 Å². The molecule has 0 aliphatic carbocycles. The number of rotatable bonds is 5. The lowest BCUT2D eigenvalue weighted by Gasteiger charge is -2.15. The standard InChI is InChI=1S/C15H23N5O5Si/c1-26(2,3)12-7-19(18-17-12)5-9-6-20(15(24)16-14(9)23)13-4-10(22)11(8-21)25-13/h6-7,10-11,13,21-22H,4-5,8H2,1-3H3,(H,16,23,24)/t10-,11+,13+/m0/s1. The number of nitrogens with one attached hydrogen (secondary N) is 1. The van der Waals surface area contributed by atoms with Crippen molar-refractivity contribution in [1.29, 1.82) is 0 Å². The number of aromatic nitrogens is 5. The largest absolute Gasteiger partial charge is 0.394 e. The van der Waals surface area contributed by atoms with Crippen LogP contribution in [-0.4, -0.2) is 61.6 Å². The lowest BCUT2D eigenvalue weighted by atomic mass is 10.2. The minimum atomic E-state index is -1.61. The molecule has 0 radical (unpaired) electrons. The molecule has 0 aromatic carbocycles. The summed E-state index contributed by atoms with van der Waals surface area (Å²) in [5.41, 5.74) is -0.813. The van der Waals surface area contributed by atoms with E-state index in [1.165, 1.54) is 10.8 Å². The maximum atomic E-state index is 12.1. The van der Waals surface area contributed by atoms with Gasteiger partial charge >= 0.3 is 5.69 Å². The van der Waals surface area contributed by atoms with Crippen LogP contribution in [0.5, 0.6) is 0 Å². The number of ether oxygens (including phenoxy) is 1. The number of hydrogen-bond acceptors (Lipinski definition) is 7. The van der Waals surface area contributed by atoms with Crippen molar-refractivity contribution in [3.05, 3.63) is 38.8 Å². The molecule has 3 rings (SSSR count). The Balaban J connectivity index is 1.88. The highest BCUT2D eigenvalue weighted by molar-refractivity contribution is 6.88. The number of H-pyrrole nitrogens is 1. The summed E-state index contributed by atoms with van der Waals surface area (Å²) in [6.45, 7) is 6.25. The van der Waals surface area contributed by atoms with E-state index in [-0.39, 0.29) is 19.6 Å². The number of hydrogen-bond donors (Lipinski definition) is 3.